The molecular formula is C19H19NO7. The highest BCUT2D eigenvalue weighted by Gasteiger charge is 2.44. The molecule has 0 aliphatic carbocycles. The first-order chi connectivity index (χ1) is 13.1. The Hall–Kier alpha value is -2.52. The van der Waals surface area contributed by atoms with Crippen molar-refractivity contribution in [2.45, 2.75) is 37.3 Å². The lowest BCUT2D eigenvalue weighted by Crippen LogP contribution is -2.55. The van der Waals surface area contributed by atoms with Gasteiger partial charge in [0.2, 0.25) is 6.29 Å². The van der Waals surface area contributed by atoms with Crippen LogP contribution in [0.5, 0.6) is 5.75 Å². The van der Waals surface area contributed by atoms with Crippen molar-refractivity contribution >= 4 is 5.69 Å². The molecule has 4 rings (SSSR count). The van der Waals surface area contributed by atoms with Crippen molar-refractivity contribution in [3.63, 3.8) is 0 Å². The van der Waals surface area contributed by atoms with Crippen molar-refractivity contribution in [3.05, 3.63) is 70.3 Å². The highest BCUT2D eigenvalue weighted by molar-refractivity contribution is 5.36. The van der Waals surface area contributed by atoms with Gasteiger partial charge in [-0.25, -0.2) is 0 Å². The van der Waals surface area contributed by atoms with Crippen LogP contribution in [0.15, 0.2) is 54.6 Å². The molecule has 142 valence electrons. The maximum Gasteiger partial charge on any atom is 0.269 e. The second kappa shape index (κ2) is 7.61. The summed E-state index contributed by atoms with van der Waals surface area (Å²) in [4.78, 5) is 10.2. The first kappa shape index (κ1) is 17.9. The molecule has 1 N–H and O–H groups in total. The number of nitro groups is 1. The van der Waals surface area contributed by atoms with Crippen LogP contribution in [-0.2, 0) is 14.2 Å². The normalized spacial score (nSPS) is 30.3. The molecule has 0 unspecified atom stereocenters. The van der Waals surface area contributed by atoms with Gasteiger partial charge in [0.1, 0.15) is 18.0 Å². The van der Waals surface area contributed by atoms with E-state index >= 15 is 0 Å². The molecule has 0 aromatic heterocycles. The largest absolute Gasteiger partial charge is 0.465 e. The fourth-order valence-electron chi connectivity index (χ4n) is 3.24. The Morgan fingerprint density at radius 2 is 1.81 bits per heavy atom. The van der Waals surface area contributed by atoms with Gasteiger partial charge in [-0.1, -0.05) is 30.3 Å². The molecule has 5 atom stereocenters. The van der Waals surface area contributed by atoms with Crippen molar-refractivity contribution in [2.24, 2.45) is 0 Å². The van der Waals surface area contributed by atoms with Gasteiger partial charge >= 0.3 is 0 Å². The van der Waals surface area contributed by atoms with E-state index in [-0.39, 0.29) is 18.7 Å². The third-order valence-corrected chi connectivity index (χ3v) is 4.59. The van der Waals surface area contributed by atoms with Crippen LogP contribution in [0.3, 0.4) is 0 Å². The third kappa shape index (κ3) is 3.93. The van der Waals surface area contributed by atoms with Crippen LogP contribution >= 0.6 is 0 Å². The van der Waals surface area contributed by atoms with E-state index in [0.29, 0.717) is 5.75 Å². The molecule has 2 heterocycles. The van der Waals surface area contributed by atoms with E-state index in [1.165, 1.54) is 24.3 Å². The average Bonchev–Trinajstić information content (AvgIpc) is 2.69. The minimum atomic E-state index is -0.776. The smallest absolute Gasteiger partial charge is 0.269 e. The van der Waals surface area contributed by atoms with Gasteiger partial charge in [0.25, 0.3) is 5.69 Å². The number of ether oxygens (including phenoxy) is 4. The second-order valence-corrected chi connectivity index (χ2v) is 6.45. The predicted molar refractivity (Wildman–Crippen MR) is 93.0 cm³/mol. The standard InChI is InChI=1S/C19H19NO7/c21-15-10-17(25-14-8-6-13(7-9-14)20(22)23)26-16-11-24-19(27-18(15)16)12-4-2-1-3-5-12/h1-9,15-19,21H,10-11H2/t15-,16+,17-,18-,19+/m0/s1. The lowest BCUT2D eigenvalue weighted by Gasteiger charge is -2.44. The number of aliphatic hydroxyl groups excluding tert-OH is 1. The van der Waals surface area contributed by atoms with Crippen LogP contribution in [-0.4, -0.2) is 41.2 Å². The monoisotopic (exact) mass is 373 g/mol. The van der Waals surface area contributed by atoms with Crippen LogP contribution < -0.4 is 4.74 Å². The highest BCUT2D eigenvalue weighted by atomic mass is 16.7. The summed E-state index contributed by atoms with van der Waals surface area (Å²) in [6, 6.07) is 15.2. The summed E-state index contributed by atoms with van der Waals surface area (Å²) < 4.78 is 23.2. The topological polar surface area (TPSA) is 100 Å². The molecule has 2 aromatic carbocycles. The van der Waals surface area contributed by atoms with Gasteiger partial charge in [-0.15, -0.1) is 0 Å². The molecule has 0 saturated carbocycles. The quantitative estimate of drug-likeness (QED) is 0.649. The molecule has 0 bridgehead atoms. The van der Waals surface area contributed by atoms with Crippen LogP contribution in [0.25, 0.3) is 0 Å². The van der Waals surface area contributed by atoms with E-state index in [0.717, 1.165) is 5.56 Å². The Morgan fingerprint density at radius 1 is 1.07 bits per heavy atom. The van der Waals surface area contributed by atoms with E-state index in [2.05, 4.69) is 0 Å². The van der Waals surface area contributed by atoms with Gasteiger partial charge in [0, 0.05) is 24.1 Å². The summed E-state index contributed by atoms with van der Waals surface area (Å²) in [6.45, 7) is 0.265. The highest BCUT2D eigenvalue weighted by Crippen LogP contribution is 2.34. The minimum Gasteiger partial charge on any atom is -0.465 e. The van der Waals surface area contributed by atoms with Crippen molar-refractivity contribution in [3.8, 4) is 5.75 Å². The molecule has 2 aromatic rings. The number of hydrogen-bond donors (Lipinski definition) is 1. The summed E-state index contributed by atoms with van der Waals surface area (Å²) in [5, 5.41) is 21.2. The third-order valence-electron chi connectivity index (χ3n) is 4.59. The Kier molecular flexibility index (Phi) is 5.04. The van der Waals surface area contributed by atoms with E-state index in [4.69, 9.17) is 18.9 Å². The summed E-state index contributed by atoms with van der Waals surface area (Å²) in [6.07, 6.45) is -2.76. The van der Waals surface area contributed by atoms with Gasteiger partial charge in [-0.3, -0.25) is 10.1 Å². The molecule has 2 aliphatic rings. The Bertz CT molecular complexity index is 782. The number of non-ortho nitro benzene ring substituents is 1. The van der Waals surface area contributed by atoms with E-state index in [9.17, 15) is 15.2 Å². The van der Waals surface area contributed by atoms with Crippen LogP contribution in [0, 0.1) is 10.1 Å². The van der Waals surface area contributed by atoms with Crippen molar-refractivity contribution in [1.82, 2.24) is 0 Å². The molecule has 0 spiro atoms. The van der Waals surface area contributed by atoms with Crippen LogP contribution in [0.1, 0.15) is 18.3 Å². The number of nitrogens with zero attached hydrogens (tertiary/aromatic N) is 1. The number of hydrogen-bond acceptors (Lipinski definition) is 7. The van der Waals surface area contributed by atoms with Crippen LogP contribution in [0.4, 0.5) is 5.69 Å². The summed E-state index contributed by atoms with van der Waals surface area (Å²) in [5.41, 5.74) is 0.862. The SMILES string of the molecule is O=[N+]([O-])c1ccc(O[C@@H]2C[C@H](O)[C@@H]3O[C@H](c4ccccc4)OC[C@H]3O2)cc1. The Morgan fingerprint density at radius 3 is 2.52 bits per heavy atom. The zero-order chi connectivity index (χ0) is 18.8. The number of aliphatic hydroxyl groups is 1. The van der Waals surface area contributed by atoms with E-state index in [1.54, 1.807) is 0 Å². The van der Waals surface area contributed by atoms with Gasteiger partial charge in [-0.05, 0) is 12.1 Å². The van der Waals surface area contributed by atoms with Gasteiger partial charge < -0.3 is 24.1 Å². The molecule has 0 amide bonds. The summed E-state index contributed by atoms with van der Waals surface area (Å²) in [5.74, 6) is 0.427. The van der Waals surface area contributed by atoms with Gasteiger partial charge in [0.05, 0.1) is 17.6 Å². The number of benzene rings is 2. The molecule has 2 fully saturated rings. The molecule has 27 heavy (non-hydrogen) atoms. The zero-order valence-corrected chi connectivity index (χ0v) is 14.3. The Labute approximate surface area is 155 Å². The molecule has 0 radical (unpaired) electrons. The fraction of sp³-hybridized carbons (Fsp3) is 0.368. The molecular weight excluding hydrogens is 354 g/mol. The summed E-state index contributed by atoms with van der Waals surface area (Å²) in [7, 11) is 0. The predicted octanol–water partition coefficient (Wildman–Crippen LogP) is 2.56. The first-order valence-corrected chi connectivity index (χ1v) is 8.67. The average molecular weight is 373 g/mol. The van der Waals surface area contributed by atoms with Crippen molar-refractivity contribution in [1.29, 1.82) is 0 Å². The van der Waals surface area contributed by atoms with Gasteiger partial charge in [0.15, 0.2) is 6.29 Å². The molecule has 2 aliphatic heterocycles. The molecule has 8 nitrogen and oxygen atoms in total. The van der Waals surface area contributed by atoms with Crippen molar-refractivity contribution < 1.29 is 29.0 Å². The number of nitro benzene ring substituents is 1. The minimum absolute atomic E-state index is 0.0203. The van der Waals surface area contributed by atoms with E-state index in [1.807, 2.05) is 30.3 Å². The van der Waals surface area contributed by atoms with Gasteiger partial charge in [-0.2, -0.15) is 0 Å². The van der Waals surface area contributed by atoms with Crippen LogP contribution in [0.2, 0.25) is 0 Å². The lowest BCUT2D eigenvalue weighted by atomic mass is 10.0. The fourth-order valence-corrected chi connectivity index (χ4v) is 3.24. The maximum atomic E-state index is 10.7. The van der Waals surface area contributed by atoms with Crippen molar-refractivity contribution in [2.75, 3.05) is 6.61 Å². The van der Waals surface area contributed by atoms with E-state index < -0.39 is 35.8 Å². The first-order valence-electron chi connectivity index (χ1n) is 8.67. The summed E-state index contributed by atoms with van der Waals surface area (Å²) >= 11 is 0. The zero-order valence-electron chi connectivity index (χ0n) is 14.3. The maximum absolute atomic E-state index is 10.7. The molecule has 8 heteroatoms. The second-order valence-electron chi connectivity index (χ2n) is 6.45. The number of fused-ring (bicyclic) bond motifs is 1. The number of rotatable bonds is 4. The molecule has 2 saturated heterocycles. The Balaban J connectivity index is 1.38. The lowest BCUT2D eigenvalue weighted by molar-refractivity contribution is -0.384.